The zero-order valence-corrected chi connectivity index (χ0v) is 16.5. The minimum Gasteiger partial charge on any atom is -0.497 e. The molecule has 0 spiro atoms. The Morgan fingerprint density at radius 3 is 2.62 bits per heavy atom. The van der Waals surface area contributed by atoms with Gasteiger partial charge < -0.3 is 14.6 Å². The summed E-state index contributed by atoms with van der Waals surface area (Å²) in [5.41, 5.74) is 4.16. The third-order valence-electron chi connectivity index (χ3n) is 4.18. The Labute approximate surface area is 155 Å². The number of aromatic nitrogens is 1. The molecule has 1 N–H and O–H groups in total. The number of hydrogen-bond acceptors (Lipinski definition) is 2. The van der Waals surface area contributed by atoms with Crippen LogP contribution in [0.15, 0.2) is 36.2 Å². The van der Waals surface area contributed by atoms with E-state index in [1.54, 1.807) is 7.11 Å². The first-order valence-corrected chi connectivity index (χ1v) is 8.86. The standard InChI is InChI=1S/C22H28N2O2/c1-7-9-18(23-16(4)25)13-20-21(14-24(5)22(20)8-2)17-10-15(3)11-19(12-17)26-6/h8-14H,7H2,1-6H3,(H,23,25)/b18-9-,20-13-,22-8+. The summed E-state index contributed by atoms with van der Waals surface area (Å²) in [5.74, 6) is 0.765. The molecule has 0 fully saturated rings. The number of ether oxygens (including phenoxy) is 1. The molecule has 2 rings (SSSR count). The summed E-state index contributed by atoms with van der Waals surface area (Å²) in [6.07, 6.45) is 9.11. The van der Waals surface area contributed by atoms with Gasteiger partial charge in [0.1, 0.15) is 5.75 Å². The van der Waals surface area contributed by atoms with E-state index in [0.717, 1.165) is 45.1 Å². The molecule has 4 nitrogen and oxygen atoms in total. The monoisotopic (exact) mass is 352 g/mol. The summed E-state index contributed by atoms with van der Waals surface area (Å²) in [7, 11) is 3.71. The van der Waals surface area contributed by atoms with Crippen LogP contribution in [-0.4, -0.2) is 17.6 Å². The maximum absolute atomic E-state index is 11.6. The van der Waals surface area contributed by atoms with E-state index in [4.69, 9.17) is 4.74 Å². The highest BCUT2D eigenvalue weighted by molar-refractivity contribution is 5.78. The number of benzene rings is 1. The number of carbonyl (C=O) groups excluding carboxylic acids is 1. The second-order valence-electron chi connectivity index (χ2n) is 6.37. The Bertz CT molecular complexity index is 949. The summed E-state index contributed by atoms with van der Waals surface area (Å²) in [6, 6.07) is 6.21. The Kier molecular flexibility index (Phi) is 6.45. The third kappa shape index (κ3) is 4.45. The lowest BCUT2D eigenvalue weighted by molar-refractivity contribution is -0.118. The minimum atomic E-state index is -0.0716. The number of hydrogen-bond donors (Lipinski definition) is 1. The normalized spacial score (nSPS) is 13.2. The summed E-state index contributed by atoms with van der Waals surface area (Å²) in [6.45, 7) is 7.67. The fourth-order valence-electron chi connectivity index (χ4n) is 3.15. The second kappa shape index (κ2) is 8.56. The van der Waals surface area contributed by atoms with E-state index in [0.29, 0.717) is 0 Å². The van der Waals surface area contributed by atoms with Gasteiger partial charge in [-0.25, -0.2) is 0 Å². The third-order valence-corrected chi connectivity index (χ3v) is 4.18. The summed E-state index contributed by atoms with van der Waals surface area (Å²) in [4.78, 5) is 11.6. The summed E-state index contributed by atoms with van der Waals surface area (Å²) >= 11 is 0. The SMILES string of the molecule is C\C=c1/c(=C\C(=C\CC)NC(C)=O)c(-c2cc(C)cc(OC)c2)cn1C. The van der Waals surface area contributed by atoms with Crippen molar-refractivity contribution in [2.45, 2.75) is 34.1 Å². The smallest absolute Gasteiger partial charge is 0.221 e. The molecule has 1 aromatic heterocycles. The molecule has 0 radical (unpaired) electrons. The fourth-order valence-corrected chi connectivity index (χ4v) is 3.15. The van der Waals surface area contributed by atoms with E-state index >= 15 is 0 Å². The molecular weight excluding hydrogens is 324 g/mol. The molecule has 0 aliphatic rings. The van der Waals surface area contributed by atoms with Crippen molar-refractivity contribution in [3.8, 4) is 16.9 Å². The Balaban J connectivity index is 2.78. The molecule has 1 aromatic carbocycles. The van der Waals surface area contributed by atoms with E-state index in [-0.39, 0.29) is 5.91 Å². The van der Waals surface area contributed by atoms with E-state index in [2.05, 4.69) is 42.1 Å². The van der Waals surface area contributed by atoms with Crippen molar-refractivity contribution in [2.24, 2.45) is 7.05 Å². The Morgan fingerprint density at radius 2 is 2.04 bits per heavy atom. The first kappa shape index (κ1) is 19.6. The van der Waals surface area contributed by atoms with Gasteiger partial charge in [-0.1, -0.05) is 25.1 Å². The van der Waals surface area contributed by atoms with Gasteiger partial charge in [0, 0.05) is 42.0 Å². The average molecular weight is 352 g/mol. The molecule has 4 heteroatoms. The number of amides is 1. The van der Waals surface area contributed by atoms with Crippen molar-refractivity contribution in [3.63, 3.8) is 0 Å². The van der Waals surface area contributed by atoms with Crippen molar-refractivity contribution in [2.75, 3.05) is 7.11 Å². The second-order valence-corrected chi connectivity index (χ2v) is 6.37. The molecule has 0 atom stereocenters. The number of nitrogens with zero attached hydrogens (tertiary/aromatic N) is 1. The van der Waals surface area contributed by atoms with Crippen molar-refractivity contribution >= 4 is 18.1 Å². The maximum atomic E-state index is 11.6. The zero-order valence-electron chi connectivity index (χ0n) is 16.5. The van der Waals surface area contributed by atoms with Crippen molar-refractivity contribution in [1.82, 2.24) is 9.88 Å². The fraction of sp³-hybridized carbons (Fsp3) is 0.318. The lowest BCUT2D eigenvalue weighted by atomic mass is 10.0. The molecular formula is C22H28N2O2. The summed E-state index contributed by atoms with van der Waals surface area (Å²) < 4.78 is 7.54. The molecule has 0 aliphatic carbocycles. The summed E-state index contributed by atoms with van der Waals surface area (Å²) in [5, 5.41) is 5.11. The highest BCUT2D eigenvalue weighted by Gasteiger charge is 2.09. The highest BCUT2D eigenvalue weighted by Crippen LogP contribution is 2.23. The Morgan fingerprint density at radius 1 is 1.31 bits per heavy atom. The lowest BCUT2D eigenvalue weighted by Crippen LogP contribution is -2.30. The van der Waals surface area contributed by atoms with Gasteiger partial charge in [-0.2, -0.15) is 0 Å². The molecule has 0 unspecified atom stereocenters. The molecule has 138 valence electrons. The van der Waals surface area contributed by atoms with Gasteiger partial charge in [-0.05, 0) is 49.6 Å². The van der Waals surface area contributed by atoms with Crippen molar-refractivity contribution < 1.29 is 9.53 Å². The maximum Gasteiger partial charge on any atom is 0.221 e. The van der Waals surface area contributed by atoms with Crippen LogP contribution in [0.1, 0.15) is 32.8 Å². The molecule has 1 amide bonds. The molecule has 26 heavy (non-hydrogen) atoms. The van der Waals surface area contributed by atoms with Gasteiger partial charge >= 0.3 is 0 Å². The van der Waals surface area contributed by atoms with Crippen LogP contribution in [0, 0.1) is 6.92 Å². The molecule has 0 saturated heterocycles. The van der Waals surface area contributed by atoms with E-state index in [1.807, 2.05) is 38.3 Å². The van der Waals surface area contributed by atoms with E-state index < -0.39 is 0 Å². The number of carbonyl (C=O) groups is 1. The molecule has 0 saturated carbocycles. The highest BCUT2D eigenvalue weighted by atomic mass is 16.5. The van der Waals surface area contributed by atoms with Crippen LogP contribution in [0.3, 0.4) is 0 Å². The van der Waals surface area contributed by atoms with E-state index in [9.17, 15) is 4.79 Å². The first-order valence-electron chi connectivity index (χ1n) is 8.86. The topological polar surface area (TPSA) is 43.3 Å². The Hall–Kier alpha value is -2.75. The van der Waals surface area contributed by atoms with Crippen molar-refractivity contribution in [3.05, 3.63) is 52.3 Å². The van der Waals surface area contributed by atoms with Gasteiger partial charge in [0.15, 0.2) is 0 Å². The van der Waals surface area contributed by atoms with Gasteiger partial charge in [0.05, 0.1) is 7.11 Å². The van der Waals surface area contributed by atoms with Crippen LogP contribution in [-0.2, 0) is 11.8 Å². The van der Waals surface area contributed by atoms with Crippen molar-refractivity contribution in [1.29, 1.82) is 0 Å². The number of allylic oxidation sites excluding steroid dienone is 2. The lowest BCUT2D eigenvalue weighted by Gasteiger charge is -2.07. The van der Waals surface area contributed by atoms with Crippen LogP contribution >= 0.6 is 0 Å². The van der Waals surface area contributed by atoms with E-state index in [1.165, 1.54) is 6.92 Å². The molecule has 1 heterocycles. The zero-order chi connectivity index (χ0) is 19.3. The first-order chi connectivity index (χ1) is 12.4. The quantitative estimate of drug-likeness (QED) is 0.899. The van der Waals surface area contributed by atoms with Gasteiger partial charge in [-0.15, -0.1) is 0 Å². The predicted molar refractivity (Wildman–Crippen MR) is 108 cm³/mol. The number of rotatable bonds is 5. The minimum absolute atomic E-state index is 0.0716. The van der Waals surface area contributed by atoms with Crippen LogP contribution in [0.5, 0.6) is 5.75 Å². The van der Waals surface area contributed by atoms with Gasteiger partial charge in [0.25, 0.3) is 0 Å². The van der Waals surface area contributed by atoms with Gasteiger partial charge in [0.2, 0.25) is 5.91 Å². The number of methoxy groups -OCH3 is 1. The molecule has 0 bridgehead atoms. The van der Waals surface area contributed by atoms with Crippen LogP contribution in [0.4, 0.5) is 0 Å². The largest absolute Gasteiger partial charge is 0.497 e. The number of aryl methyl sites for hydroxylation is 2. The average Bonchev–Trinajstić information content (AvgIpc) is 2.89. The van der Waals surface area contributed by atoms with Gasteiger partial charge in [-0.3, -0.25) is 4.79 Å². The van der Waals surface area contributed by atoms with Crippen LogP contribution < -0.4 is 20.6 Å². The number of nitrogens with one attached hydrogen (secondary N) is 1. The molecule has 2 aromatic rings. The van der Waals surface area contributed by atoms with Crippen LogP contribution in [0.25, 0.3) is 23.3 Å². The molecule has 0 aliphatic heterocycles. The predicted octanol–water partition coefficient (Wildman–Crippen LogP) is 3.02. The van der Waals surface area contributed by atoms with Crippen LogP contribution in [0.2, 0.25) is 0 Å².